The summed E-state index contributed by atoms with van der Waals surface area (Å²) in [6.07, 6.45) is 0. The average molecular weight is 327 g/mol. The second-order valence-electron chi connectivity index (χ2n) is 6.38. The maximum atomic E-state index is 6.06. The summed E-state index contributed by atoms with van der Waals surface area (Å²) in [5.74, 6) is 0.904. The van der Waals surface area contributed by atoms with Crippen LogP contribution in [0.4, 0.5) is 0 Å². The van der Waals surface area contributed by atoms with Crippen LogP contribution in [-0.4, -0.2) is 50.6 Å². The lowest BCUT2D eigenvalue weighted by Crippen LogP contribution is -2.30. The molecule has 0 spiro atoms. The van der Waals surface area contributed by atoms with E-state index < -0.39 is 0 Å². The van der Waals surface area contributed by atoms with Gasteiger partial charge < -0.3 is 15.4 Å². The lowest BCUT2D eigenvalue weighted by molar-refractivity contribution is 0.239. The Morgan fingerprint density at radius 3 is 2.42 bits per heavy atom. The number of hydrogen-bond acceptors (Lipinski definition) is 4. The van der Waals surface area contributed by atoms with Crippen LogP contribution in [-0.2, 0) is 6.54 Å². The molecule has 0 amide bonds. The maximum Gasteiger partial charge on any atom is 0.119 e. The van der Waals surface area contributed by atoms with Gasteiger partial charge in [-0.15, -0.1) is 0 Å². The third-order valence-corrected chi connectivity index (χ3v) is 4.08. The highest BCUT2D eigenvalue weighted by Crippen LogP contribution is 2.24. The molecule has 2 N–H and O–H groups in total. The number of benzene rings is 2. The van der Waals surface area contributed by atoms with E-state index in [0.717, 1.165) is 18.8 Å². The van der Waals surface area contributed by atoms with Crippen LogP contribution in [0, 0.1) is 0 Å². The van der Waals surface area contributed by atoms with Crippen LogP contribution in [0.2, 0.25) is 0 Å². The molecule has 0 saturated carbocycles. The van der Waals surface area contributed by atoms with Crippen LogP contribution in [0.1, 0.15) is 17.2 Å². The Bertz CT molecular complexity index is 601. The van der Waals surface area contributed by atoms with Gasteiger partial charge in [-0.05, 0) is 44.4 Å². The molecule has 24 heavy (non-hydrogen) atoms. The minimum atomic E-state index is 0.169. The zero-order valence-electron chi connectivity index (χ0n) is 15.0. The van der Waals surface area contributed by atoms with Crippen molar-refractivity contribution in [3.8, 4) is 5.75 Å². The summed E-state index contributed by atoms with van der Waals surface area (Å²) < 4.78 is 5.85. The second-order valence-corrected chi connectivity index (χ2v) is 6.38. The highest BCUT2D eigenvalue weighted by atomic mass is 16.5. The van der Waals surface area contributed by atoms with Crippen molar-refractivity contribution in [1.29, 1.82) is 0 Å². The summed E-state index contributed by atoms with van der Waals surface area (Å²) in [6, 6.07) is 18.9. The quantitative estimate of drug-likeness (QED) is 0.769. The Kier molecular flexibility index (Phi) is 7.25. The molecule has 0 aliphatic carbocycles. The topological polar surface area (TPSA) is 41.7 Å². The SMILES string of the molecule is CN(C)CCOc1cccc(C(CN)N(C)Cc2ccccc2)c1. The molecule has 130 valence electrons. The van der Waals surface area contributed by atoms with Crippen molar-refractivity contribution in [3.63, 3.8) is 0 Å². The van der Waals surface area contributed by atoms with E-state index in [2.05, 4.69) is 53.2 Å². The normalized spacial score (nSPS) is 12.6. The summed E-state index contributed by atoms with van der Waals surface area (Å²) in [4.78, 5) is 4.40. The molecular formula is C20H29N3O. The lowest BCUT2D eigenvalue weighted by atomic mass is 10.0. The smallest absolute Gasteiger partial charge is 0.119 e. The van der Waals surface area contributed by atoms with E-state index in [-0.39, 0.29) is 6.04 Å². The molecule has 0 bridgehead atoms. The Hall–Kier alpha value is -1.88. The van der Waals surface area contributed by atoms with E-state index in [9.17, 15) is 0 Å². The first-order valence-electron chi connectivity index (χ1n) is 8.42. The fraction of sp³-hybridized carbons (Fsp3) is 0.400. The fourth-order valence-corrected chi connectivity index (χ4v) is 2.71. The first-order valence-corrected chi connectivity index (χ1v) is 8.42. The predicted molar refractivity (Wildman–Crippen MR) is 100 cm³/mol. The number of likely N-dealkylation sites (N-methyl/N-ethyl adjacent to an activating group) is 2. The Morgan fingerprint density at radius 2 is 1.75 bits per heavy atom. The van der Waals surface area contributed by atoms with Crippen molar-refractivity contribution in [2.45, 2.75) is 12.6 Å². The highest BCUT2D eigenvalue weighted by molar-refractivity contribution is 5.31. The molecule has 1 unspecified atom stereocenters. The summed E-state index contributed by atoms with van der Waals surface area (Å²) in [5, 5.41) is 0. The van der Waals surface area contributed by atoms with Gasteiger partial charge in [-0.3, -0.25) is 4.90 Å². The van der Waals surface area contributed by atoms with Gasteiger partial charge in [-0.1, -0.05) is 42.5 Å². The summed E-state index contributed by atoms with van der Waals surface area (Å²) in [6.45, 7) is 3.03. The van der Waals surface area contributed by atoms with Crippen molar-refractivity contribution >= 4 is 0 Å². The largest absolute Gasteiger partial charge is 0.492 e. The monoisotopic (exact) mass is 327 g/mol. The molecular weight excluding hydrogens is 298 g/mol. The van der Waals surface area contributed by atoms with Gasteiger partial charge in [0, 0.05) is 25.7 Å². The third kappa shape index (κ3) is 5.64. The predicted octanol–water partition coefficient (Wildman–Crippen LogP) is 2.76. The molecule has 4 nitrogen and oxygen atoms in total. The van der Waals surface area contributed by atoms with Crippen LogP contribution < -0.4 is 10.5 Å². The van der Waals surface area contributed by atoms with Crippen molar-refractivity contribution < 1.29 is 4.74 Å². The molecule has 0 saturated heterocycles. The van der Waals surface area contributed by atoms with Crippen molar-refractivity contribution in [2.75, 3.05) is 40.8 Å². The zero-order valence-corrected chi connectivity index (χ0v) is 15.0. The lowest BCUT2D eigenvalue weighted by Gasteiger charge is -2.27. The molecule has 2 rings (SSSR count). The van der Waals surface area contributed by atoms with Gasteiger partial charge in [0.25, 0.3) is 0 Å². The Balaban J connectivity index is 2.03. The van der Waals surface area contributed by atoms with Crippen LogP contribution in [0.15, 0.2) is 54.6 Å². The maximum absolute atomic E-state index is 6.06. The van der Waals surface area contributed by atoms with E-state index in [1.807, 2.05) is 32.3 Å². The molecule has 0 heterocycles. The van der Waals surface area contributed by atoms with Crippen molar-refractivity contribution in [3.05, 3.63) is 65.7 Å². The van der Waals surface area contributed by atoms with Gasteiger partial charge in [0.1, 0.15) is 12.4 Å². The summed E-state index contributed by atoms with van der Waals surface area (Å²) in [5.41, 5.74) is 8.54. The number of rotatable bonds is 9. The van der Waals surface area contributed by atoms with Gasteiger partial charge in [0.05, 0.1) is 0 Å². The molecule has 0 radical (unpaired) electrons. The van der Waals surface area contributed by atoms with Crippen LogP contribution in [0.25, 0.3) is 0 Å². The molecule has 0 aromatic heterocycles. The molecule has 4 heteroatoms. The molecule has 0 aliphatic rings. The van der Waals surface area contributed by atoms with E-state index >= 15 is 0 Å². The standard InChI is InChI=1S/C20H29N3O/c1-22(2)12-13-24-19-11-7-10-18(14-19)20(15-21)23(3)16-17-8-5-4-6-9-17/h4-11,14,20H,12-13,15-16,21H2,1-3H3. The van der Waals surface area contributed by atoms with E-state index in [1.54, 1.807) is 0 Å². The van der Waals surface area contributed by atoms with Crippen molar-refractivity contribution in [2.24, 2.45) is 5.73 Å². The summed E-state index contributed by atoms with van der Waals surface area (Å²) >= 11 is 0. The first kappa shape index (κ1) is 18.5. The van der Waals surface area contributed by atoms with Crippen molar-refractivity contribution in [1.82, 2.24) is 9.80 Å². The Morgan fingerprint density at radius 1 is 1.00 bits per heavy atom. The van der Waals surface area contributed by atoms with E-state index in [0.29, 0.717) is 13.2 Å². The molecule has 0 fully saturated rings. The van der Waals surface area contributed by atoms with E-state index in [1.165, 1.54) is 11.1 Å². The molecule has 2 aromatic carbocycles. The average Bonchev–Trinajstić information content (AvgIpc) is 2.56. The van der Waals surface area contributed by atoms with Crippen LogP contribution in [0.3, 0.4) is 0 Å². The molecule has 1 atom stereocenters. The number of nitrogens with zero attached hydrogens (tertiary/aromatic N) is 2. The third-order valence-electron chi connectivity index (χ3n) is 4.08. The Labute approximate surface area is 145 Å². The van der Waals surface area contributed by atoms with Gasteiger partial charge in [-0.2, -0.15) is 0 Å². The van der Waals surface area contributed by atoms with E-state index in [4.69, 9.17) is 10.5 Å². The van der Waals surface area contributed by atoms with Crippen LogP contribution >= 0.6 is 0 Å². The first-order chi connectivity index (χ1) is 11.6. The second kappa shape index (κ2) is 9.42. The van der Waals surface area contributed by atoms with Crippen LogP contribution in [0.5, 0.6) is 5.75 Å². The number of nitrogens with two attached hydrogens (primary N) is 1. The van der Waals surface area contributed by atoms with Gasteiger partial charge in [0.15, 0.2) is 0 Å². The number of hydrogen-bond donors (Lipinski definition) is 1. The zero-order chi connectivity index (χ0) is 17.4. The minimum Gasteiger partial charge on any atom is -0.492 e. The van der Waals surface area contributed by atoms with Gasteiger partial charge in [-0.25, -0.2) is 0 Å². The minimum absolute atomic E-state index is 0.169. The fourth-order valence-electron chi connectivity index (χ4n) is 2.71. The van der Waals surface area contributed by atoms with Gasteiger partial charge in [0.2, 0.25) is 0 Å². The molecule has 0 aliphatic heterocycles. The summed E-state index contributed by atoms with van der Waals surface area (Å²) in [7, 11) is 6.20. The number of ether oxygens (including phenoxy) is 1. The molecule has 2 aromatic rings. The van der Waals surface area contributed by atoms with Gasteiger partial charge >= 0.3 is 0 Å². The highest BCUT2D eigenvalue weighted by Gasteiger charge is 2.16.